The highest BCUT2D eigenvalue weighted by Crippen LogP contribution is 2.33. The summed E-state index contributed by atoms with van der Waals surface area (Å²) < 4.78 is 11.1. The Bertz CT molecular complexity index is 619. The van der Waals surface area contributed by atoms with Crippen LogP contribution in [0.4, 0.5) is 5.82 Å². The Morgan fingerprint density at radius 2 is 1.95 bits per heavy atom. The van der Waals surface area contributed by atoms with E-state index in [0.717, 1.165) is 22.9 Å². The van der Waals surface area contributed by atoms with Gasteiger partial charge in [0, 0.05) is 0 Å². The maximum absolute atomic E-state index is 5.88. The van der Waals surface area contributed by atoms with Crippen LogP contribution in [-0.2, 0) is 0 Å². The molecule has 1 unspecified atom stereocenters. The second-order valence-electron chi connectivity index (χ2n) is 4.61. The summed E-state index contributed by atoms with van der Waals surface area (Å²) in [4.78, 5) is 4.22. The normalized spacial score (nSPS) is 14.7. The monoisotopic (exact) mass is 290 g/mol. The Labute approximate surface area is 122 Å². The first-order chi connectivity index (χ1) is 9.72. The van der Waals surface area contributed by atoms with Crippen molar-refractivity contribution < 1.29 is 9.47 Å². The smallest absolute Gasteiger partial charge is 0.161 e. The summed E-state index contributed by atoms with van der Waals surface area (Å²) in [6.07, 6.45) is 0. The van der Waals surface area contributed by atoms with E-state index in [1.807, 2.05) is 30.3 Å². The molecule has 0 saturated carbocycles. The molecule has 0 amide bonds. The molecule has 20 heavy (non-hydrogen) atoms. The average molecular weight is 291 g/mol. The van der Waals surface area contributed by atoms with Crippen molar-refractivity contribution >= 4 is 17.4 Å². The first-order valence-corrected chi connectivity index (χ1v) is 6.89. The lowest BCUT2D eigenvalue weighted by atomic mass is 10.1. The number of nitrogens with zero attached hydrogens (tertiary/aromatic N) is 1. The summed E-state index contributed by atoms with van der Waals surface area (Å²) >= 11 is 5.88. The van der Waals surface area contributed by atoms with Gasteiger partial charge in [0.2, 0.25) is 0 Å². The minimum atomic E-state index is 0.0943. The van der Waals surface area contributed by atoms with Crippen molar-refractivity contribution in [1.82, 2.24) is 4.98 Å². The van der Waals surface area contributed by atoms with Gasteiger partial charge in [-0.1, -0.05) is 23.7 Å². The topological polar surface area (TPSA) is 43.4 Å². The fourth-order valence-corrected chi connectivity index (χ4v) is 2.29. The number of anilines is 1. The van der Waals surface area contributed by atoms with Crippen molar-refractivity contribution in [2.75, 3.05) is 18.5 Å². The Kier molecular flexibility index (Phi) is 3.65. The lowest BCUT2D eigenvalue weighted by Crippen LogP contribution is -2.16. The molecule has 3 rings (SSSR count). The lowest BCUT2D eigenvalue weighted by Gasteiger charge is -2.21. The minimum absolute atomic E-state index is 0.0943. The molecular formula is C15H15ClN2O2. The molecule has 1 aromatic carbocycles. The van der Waals surface area contributed by atoms with Crippen molar-refractivity contribution in [3.05, 3.63) is 47.1 Å². The van der Waals surface area contributed by atoms with Crippen LogP contribution in [0.2, 0.25) is 5.15 Å². The molecule has 0 radical (unpaired) electrons. The summed E-state index contributed by atoms with van der Waals surface area (Å²) in [5.41, 5.74) is 1.11. The number of hydrogen-bond acceptors (Lipinski definition) is 4. The van der Waals surface area contributed by atoms with E-state index in [1.165, 1.54) is 0 Å². The van der Waals surface area contributed by atoms with Gasteiger partial charge in [-0.15, -0.1) is 0 Å². The van der Waals surface area contributed by atoms with E-state index in [-0.39, 0.29) is 6.04 Å². The zero-order valence-corrected chi connectivity index (χ0v) is 11.9. The molecule has 0 fully saturated rings. The van der Waals surface area contributed by atoms with E-state index in [0.29, 0.717) is 18.4 Å². The number of hydrogen-bond donors (Lipinski definition) is 1. The zero-order chi connectivity index (χ0) is 13.9. The van der Waals surface area contributed by atoms with Crippen LogP contribution in [0.25, 0.3) is 0 Å². The van der Waals surface area contributed by atoms with Crippen molar-refractivity contribution in [2.24, 2.45) is 0 Å². The van der Waals surface area contributed by atoms with Crippen LogP contribution in [0.1, 0.15) is 18.5 Å². The second kappa shape index (κ2) is 5.59. The fourth-order valence-electron chi connectivity index (χ4n) is 2.12. The molecule has 0 saturated heterocycles. The third kappa shape index (κ3) is 2.80. The van der Waals surface area contributed by atoms with Crippen molar-refractivity contribution in [2.45, 2.75) is 13.0 Å². The van der Waals surface area contributed by atoms with Crippen LogP contribution in [0.3, 0.4) is 0 Å². The largest absolute Gasteiger partial charge is 0.486 e. The quantitative estimate of drug-likeness (QED) is 0.876. The molecule has 2 aromatic rings. The Balaban J connectivity index is 1.78. The maximum atomic E-state index is 5.88. The maximum Gasteiger partial charge on any atom is 0.161 e. The molecule has 5 heteroatoms. The fraction of sp³-hybridized carbons (Fsp3) is 0.267. The van der Waals surface area contributed by atoms with E-state index >= 15 is 0 Å². The predicted octanol–water partition coefficient (Wildman–Crippen LogP) is 3.68. The Morgan fingerprint density at radius 3 is 2.75 bits per heavy atom. The number of pyridine rings is 1. The number of nitrogens with one attached hydrogen (secondary N) is 1. The molecule has 4 nitrogen and oxygen atoms in total. The Morgan fingerprint density at radius 1 is 1.15 bits per heavy atom. The van der Waals surface area contributed by atoms with Crippen LogP contribution in [0.15, 0.2) is 36.4 Å². The molecule has 1 N–H and O–H groups in total. The molecule has 0 spiro atoms. The van der Waals surface area contributed by atoms with Gasteiger partial charge in [-0.25, -0.2) is 4.98 Å². The highest BCUT2D eigenvalue weighted by molar-refractivity contribution is 6.29. The van der Waals surface area contributed by atoms with Gasteiger partial charge in [0.25, 0.3) is 0 Å². The van der Waals surface area contributed by atoms with Crippen molar-refractivity contribution in [1.29, 1.82) is 0 Å². The summed E-state index contributed by atoms with van der Waals surface area (Å²) in [6, 6.07) is 11.6. The van der Waals surface area contributed by atoms with Gasteiger partial charge in [-0.05, 0) is 36.8 Å². The number of fused-ring (bicyclic) bond motifs is 1. The first kappa shape index (κ1) is 13.1. The number of ether oxygens (including phenoxy) is 2. The van der Waals surface area contributed by atoms with Crippen molar-refractivity contribution in [3.8, 4) is 11.5 Å². The SMILES string of the molecule is CC(Nc1cccc(Cl)n1)c1ccc2c(c1)OCCO2. The second-order valence-corrected chi connectivity index (χ2v) is 5.00. The number of rotatable bonds is 3. The molecule has 1 aliphatic heterocycles. The molecule has 104 valence electrons. The summed E-state index contributed by atoms with van der Waals surface area (Å²) in [5, 5.41) is 3.79. The molecule has 1 aromatic heterocycles. The molecular weight excluding hydrogens is 276 g/mol. The molecule has 0 bridgehead atoms. The predicted molar refractivity (Wildman–Crippen MR) is 78.7 cm³/mol. The molecule has 0 aliphatic carbocycles. The van der Waals surface area contributed by atoms with Crippen LogP contribution in [-0.4, -0.2) is 18.2 Å². The minimum Gasteiger partial charge on any atom is -0.486 e. The van der Waals surface area contributed by atoms with Gasteiger partial charge in [-0.3, -0.25) is 0 Å². The van der Waals surface area contributed by atoms with Crippen LogP contribution in [0, 0.1) is 0 Å². The van der Waals surface area contributed by atoms with E-state index in [9.17, 15) is 0 Å². The number of aromatic nitrogens is 1. The van der Waals surface area contributed by atoms with E-state index in [2.05, 4.69) is 17.2 Å². The zero-order valence-electron chi connectivity index (χ0n) is 11.1. The highest BCUT2D eigenvalue weighted by Gasteiger charge is 2.14. The summed E-state index contributed by atoms with van der Waals surface area (Å²) in [7, 11) is 0. The molecule has 1 aliphatic rings. The first-order valence-electron chi connectivity index (χ1n) is 6.51. The van der Waals surface area contributed by atoms with Gasteiger partial charge in [0.15, 0.2) is 11.5 Å². The molecule has 2 heterocycles. The van der Waals surface area contributed by atoms with Crippen LogP contribution < -0.4 is 14.8 Å². The highest BCUT2D eigenvalue weighted by atomic mass is 35.5. The van der Waals surface area contributed by atoms with Crippen LogP contribution in [0.5, 0.6) is 11.5 Å². The van der Waals surface area contributed by atoms with Crippen LogP contribution >= 0.6 is 11.6 Å². The van der Waals surface area contributed by atoms with E-state index < -0.39 is 0 Å². The summed E-state index contributed by atoms with van der Waals surface area (Å²) in [6.45, 7) is 3.26. The number of halogens is 1. The van der Waals surface area contributed by atoms with Gasteiger partial charge < -0.3 is 14.8 Å². The standard InChI is InChI=1S/C15H15ClN2O2/c1-10(17-15-4-2-3-14(16)18-15)11-5-6-12-13(9-11)20-8-7-19-12/h2-6,9-10H,7-8H2,1H3,(H,17,18). The van der Waals surface area contributed by atoms with Gasteiger partial charge in [-0.2, -0.15) is 0 Å². The van der Waals surface area contributed by atoms with Gasteiger partial charge in [0.1, 0.15) is 24.2 Å². The summed E-state index contributed by atoms with van der Waals surface area (Å²) in [5.74, 6) is 2.34. The third-order valence-corrected chi connectivity index (χ3v) is 3.36. The molecule has 1 atom stereocenters. The van der Waals surface area contributed by atoms with Gasteiger partial charge in [0.05, 0.1) is 6.04 Å². The average Bonchev–Trinajstić information content (AvgIpc) is 2.47. The van der Waals surface area contributed by atoms with E-state index in [4.69, 9.17) is 21.1 Å². The van der Waals surface area contributed by atoms with Gasteiger partial charge >= 0.3 is 0 Å². The Hall–Kier alpha value is -1.94. The van der Waals surface area contributed by atoms with E-state index in [1.54, 1.807) is 6.07 Å². The number of benzene rings is 1. The third-order valence-electron chi connectivity index (χ3n) is 3.15. The lowest BCUT2D eigenvalue weighted by molar-refractivity contribution is 0.171. The van der Waals surface area contributed by atoms with Crippen molar-refractivity contribution in [3.63, 3.8) is 0 Å².